The van der Waals surface area contributed by atoms with Crippen LogP contribution in [0.25, 0.3) is 6.08 Å². The fourth-order valence-corrected chi connectivity index (χ4v) is 3.48. The number of nitrogens with one attached hydrogen (secondary N) is 1. The van der Waals surface area contributed by atoms with Gasteiger partial charge < -0.3 is 0 Å². The van der Waals surface area contributed by atoms with Crippen molar-refractivity contribution in [2.75, 3.05) is 6.54 Å². The fraction of sp³-hybridized carbons (Fsp3) is 0.167. The highest BCUT2D eigenvalue weighted by Gasteiger charge is 2.32. The maximum Gasteiger partial charge on any atom is 0.265 e. The second-order valence-electron chi connectivity index (χ2n) is 5.76. The Bertz CT molecular complexity index is 937. The average Bonchev–Trinajstić information content (AvgIpc) is 3.06. The van der Waals surface area contributed by atoms with Crippen molar-refractivity contribution < 1.29 is 9.59 Å². The molecule has 1 aliphatic heterocycles. The molecule has 0 radical (unpaired) electrons. The zero-order valence-electron chi connectivity index (χ0n) is 14.1. The molecule has 1 N–H and O–H groups in total. The van der Waals surface area contributed by atoms with Gasteiger partial charge in [-0.2, -0.15) is 0 Å². The first-order valence-electron chi connectivity index (χ1n) is 8.05. The lowest BCUT2D eigenvalue weighted by Gasteiger charge is -2.27. The van der Waals surface area contributed by atoms with Gasteiger partial charge >= 0.3 is 0 Å². The molecule has 6 nitrogen and oxygen atoms in total. The first kappa shape index (κ1) is 19.3. The number of benzene rings is 1. The van der Waals surface area contributed by atoms with E-state index in [1.165, 1.54) is 16.4 Å². The molecule has 1 aromatic carbocycles. The van der Waals surface area contributed by atoms with Crippen LogP contribution in [0, 0.1) is 0 Å². The van der Waals surface area contributed by atoms with Gasteiger partial charge in [0.05, 0.1) is 5.69 Å². The molecule has 0 saturated carbocycles. The van der Waals surface area contributed by atoms with E-state index in [9.17, 15) is 9.59 Å². The Morgan fingerprint density at radius 2 is 2.00 bits per heavy atom. The van der Waals surface area contributed by atoms with Crippen molar-refractivity contribution in [2.45, 2.75) is 12.8 Å². The third kappa shape index (κ3) is 4.47. The van der Waals surface area contributed by atoms with Gasteiger partial charge in [0.25, 0.3) is 11.8 Å². The number of hydrogen-bond acceptors (Lipinski definition) is 6. The molecular formula is C18H15ClN4O2S2. The molecule has 2 amide bonds. The van der Waals surface area contributed by atoms with Gasteiger partial charge in [-0.25, -0.2) is 0 Å². The van der Waals surface area contributed by atoms with Gasteiger partial charge in [0.15, 0.2) is 5.11 Å². The van der Waals surface area contributed by atoms with E-state index in [1.54, 1.807) is 12.2 Å². The van der Waals surface area contributed by atoms with Gasteiger partial charge in [0.2, 0.25) is 0 Å². The van der Waals surface area contributed by atoms with Gasteiger partial charge in [0, 0.05) is 18.1 Å². The van der Waals surface area contributed by atoms with Crippen LogP contribution >= 0.6 is 35.4 Å². The SMILES string of the molecule is C=CCN1C(=O)/C(=C/c2ccc(CCc3nnsc3Cl)cc2)C(=O)NC1=S. The molecule has 3 rings (SSSR count). The molecule has 0 atom stereocenters. The number of amides is 2. The van der Waals surface area contributed by atoms with Crippen LogP contribution in [0.2, 0.25) is 4.34 Å². The largest absolute Gasteiger partial charge is 0.298 e. The van der Waals surface area contributed by atoms with Crippen molar-refractivity contribution in [3.05, 3.63) is 63.7 Å². The fourth-order valence-electron chi connectivity index (χ4n) is 2.54. The standard InChI is InChI=1S/C18H15ClN4O2S2/c1-2-9-23-17(25)13(16(24)20-18(23)26)10-12-5-3-11(4-6-12)7-8-14-15(19)27-22-21-14/h2-6,10H,1,7-9H2,(H,20,24,26)/b13-10+. The first-order chi connectivity index (χ1) is 13.0. The summed E-state index contributed by atoms with van der Waals surface area (Å²) < 4.78 is 4.43. The minimum atomic E-state index is -0.500. The Morgan fingerprint density at radius 3 is 2.63 bits per heavy atom. The molecule has 1 aromatic heterocycles. The van der Waals surface area contributed by atoms with Gasteiger partial charge in [0.1, 0.15) is 9.91 Å². The van der Waals surface area contributed by atoms with Crippen LogP contribution in [0.4, 0.5) is 0 Å². The lowest BCUT2D eigenvalue weighted by molar-refractivity contribution is -0.128. The van der Waals surface area contributed by atoms with Crippen LogP contribution in [0.1, 0.15) is 16.8 Å². The number of rotatable bonds is 6. The molecule has 2 aromatic rings. The van der Waals surface area contributed by atoms with Crippen molar-refractivity contribution in [3.63, 3.8) is 0 Å². The van der Waals surface area contributed by atoms with E-state index >= 15 is 0 Å². The number of thiocarbonyl (C=S) groups is 1. The third-order valence-corrected chi connectivity index (χ3v) is 5.25. The Labute approximate surface area is 170 Å². The van der Waals surface area contributed by atoms with Crippen LogP contribution in [0.5, 0.6) is 0 Å². The van der Waals surface area contributed by atoms with E-state index in [-0.39, 0.29) is 17.2 Å². The summed E-state index contributed by atoms with van der Waals surface area (Å²) in [5, 5.41) is 6.61. The highest BCUT2D eigenvalue weighted by molar-refractivity contribution is 7.80. The monoisotopic (exact) mass is 418 g/mol. The molecule has 138 valence electrons. The lowest BCUT2D eigenvalue weighted by Crippen LogP contribution is -2.53. The number of nitrogens with zero attached hydrogens (tertiary/aromatic N) is 3. The Morgan fingerprint density at radius 1 is 1.26 bits per heavy atom. The molecule has 1 saturated heterocycles. The molecule has 2 heterocycles. The van der Waals surface area contributed by atoms with E-state index in [4.69, 9.17) is 23.8 Å². The van der Waals surface area contributed by atoms with Gasteiger partial charge in [-0.05, 0) is 42.3 Å². The summed E-state index contributed by atoms with van der Waals surface area (Å²) in [5.41, 5.74) is 2.67. The first-order valence-corrected chi connectivity index (χ1v) is 9.61. The normalized spacial score (nSPS) is 16.0. The number of aromatic nitrogens is 2. The number of carbonyl (C=O) groups is 2. The second kappa shape index (κ2) is 8.51. The summed E-state index contributed by atoms with van der Waals surface area (Å²) in [6, 6.07) is 7.60. The van der Waals surface area contributed by atoms with Crippen molar-refractivity contribution >= 4 is 58.4 Å². The Kier molecular flexibility index (Phi) is 6.10. The number of aryl methyl sites for hydroxylation is 2. The van der Waals surface area contributed by atoms with Gasteiger partial charge in [-0.3, -0.25) is 19.8 Å². The zero-order chi connectivity index (χ0) is 19.4. The van der Waals surface area contributed by atoms with Crippen LogP contribution in [-0.2, 0) is 22.4 Å². The summed E-state index contributed by atoms with van der Waals surface area (Å²) in [5.74, 6) is -0.932. The van der Waals surface area contributed by atoms with Crippen LogP contribution in [0.3, 0.4) is 0 Å². The van der Waals surface area contributed by atoms with Crippen molar-refractivity contribution in [2.24, 2.45) is 0 Å². The van der Waals surface area contributed by atoms with Crippen molar-refractivity contribution in [1.29, 1.82) is 0 Å². The summed E-state index contributed by atoms with van der Waals surface area (Å²) in [6.07, 6.45) is 4.58. The number of carbonyl (C=O) groups excluding carboxylic acids is 2. The Balaban J connectivity index is 1.73. The van der Waals surface area contributed by atoms with Crippen LogP contribution in [-0.4, -0.2) is 38.0 Å². The van der Waals surface area contributed by atoms with Crippen molar-refractivity contribution in [1.82, 2.24) is 19.8 Å². The number of hydrogen-bond donors (Lipinski definition) is 1. The van der Waals surface area contributed by atoms with E-state index < -0.39 is 11.8 Å². The summed E-state index contributed by atoms with van der Waals surface area (Å²) in [6.45, 7) is 3.84. The predicted molar refractivity (Wildman–Crippen MR) is 109 cm³/mol. The second-order valence-corrected chi connectivity index (χ2v) is 7.50. The van der Waals surface area contributed by atoms with Crippen LogP contribution < -0.4 is 5.32 Å². The molecule has 1 fully saturated rings. The third-order valence-electron chi connectivity index (χ3n) is 3.95. The quantitative estimate of drug-likeness (QED) is 0.338. The minimum Gasteiger partial charge on any atom is -0.298 e. The molecular weight excluding hydrogens is 404 g/mol. The topological polar surface area (TPSA) is 75.2 Å². The lowest BCUT2D eigenvalue weighted by atomic mass is 10.0. The molecule has 9 heteroatoms. The summed E-state index contributed by atoms with van der Waals surface area (Å²) in [4.78, 5) is 25.9. The van der Waals surface area contributed by atoms with Crippen LogP contribution in [0.15, 0.2) is 42.5 Å². The van der Waals surface area contributed by atoms with E-state index in [1.807, 2.05) is 24.3 Å². The zero-order valence-corrected chi connectivity index (χ0v) is 16.5. The highest BCUT2D eigenvalue weighted by Crippen LogP contribution is 2.20. The molecule has 0 bridgehead atoms. The van der Waals surface area contributed by atoms with E-state index in [2.05, 4.69) is 21.5 Å². The summed E-state index contributed by atoms with van der Waals surface area (Å²) >= 11 is 12.2. The molecule has 0 aliphatic carbocycles. The van der Waals surface area contributed by atoms with Crippen molar-refractivity contribution in [3.8, 4) is 0 Å². The average molecular weight is 419 g/mol. The predicted octanol–water partition coefficient (Wildman–Crippen LogP) is 2.79. The molecule has 27 heavy (non-hydrogen) atoms. The van der Waals surface area contributed by atoms with E-state index in [0.717, 1.165) is 23.2 Å². The molecule has 0 spiro atoms. The number of halogens is 1. The highest BCUT2D eigenvalue weighted by atomic mass is 35.5. The summed E-state index contributed by atoms with van der Waals surface area (Å²) in [7, 11) is 0. The minimum absolute atomic E-state index is 0.0403. The van der Waals surface area contributed by atoms with Gasteiger partial charge in [-0.15, -0.1) is 11.7 Å². The maximum absolute atomic E-state index is 12.5. The molecule has 1 aliphatic rings. The molecule has 0 unspecified atom stereocenters. The maximum atomic E-state index is 12.5. The van der Waals surface area contributed by atoms with Gasteiger partial charge in [-0.1, -0.05) is 46.4 Å². The Hall–Kier alpha value is -2.42. The van der Waals surface area contributed by atoms with E-state index in [0.29, 0.717) is 10.8 Å². The smallest absolute Gasteiger partial charge is 0.265 e.